The standard InChI is InChI=1S/C5H5FN2O5S2/c1-14(9,10)5-7-2-4(3-8-5)13-15(6,11)12/h2-3H,1H3. The quantitative estimate of drug-likeness (QED) is 0.529. The van der Waals surface area contributed by atoms with E-state index in [0.29, 0.717) is 0 Å². The Morgan fingerprint density at radius 3 is 2.00 bits per heavy atom. The average Bonchev–Trinajstić information content (AvgIpc) is 2.00. The minimum absolute atomic E-state index is 0.508. The fourth-order valence-electron chi connectivity index (χ4n) is 0.654. The van der Waals surface area contributed by atoms with Crippen molar-refractivity contribution in [2.75, 3.05) is 6.26 Å². The summed E-state index contributed by atoms with van der Waals surface area (Å²) >= 11 is 0. The van der Waals surface area contributed by atoms with Crippen molar-refractivity contribution >= 4 is 20.3 Å². The van der Waals surface area contributed by atoms with Crippen LogP contribution >= 0.6 is 0 Å². The minimum Gasteiger partial charge on any atom is -0.355 e. The van der Waals surface area contributed by atoms with E-state index in [1.165, 1.54) is 0 Å². The van der Waals surface area contributed by atoms with Gasteiger partial charge in [-0.15, -0.1) is 0 Å². The molecule has 1 heterocycles. The maximum Gasteiger partial charge on any atom is 0.488 e. The Balaban J connectivity index is 3.02. The molecule has 0 bridgehead atoms. The van der Waals surface area contributed by atoms with Gasteiger partial charge in [-0.1, -0.05) is 3.89 Å². The summed E-state index contributed by atoms with van der Waals surface area (Å²) in [7, 11) is -8.74. The highest BCUT2D eigenvalue weighted by Crippen LogP contribution is 2.11. The van der Waals surface area contributed by atoms with E-state index in [9.17, 15) is 20.7 Å². The number of sulfone groups is 1. The molecule has 0 N–H and O–H groups in total. The summed E-state index contributed by atoms with van der Waals surface area (Å²) in [5, 5.41) is -0.508. The monoisotopic (exact) mass is 256 g/mol. The SMILES string of the molecule is CS(=O)(=O)c1ncc(OS(=O)(=O)F)cn1. The number of hydrogen-bond donors (Lipinski definition) is 0. The van der Waals surface area contributed by atoms with Gasteiger partial charge in [0.25, 0.3) is 0 Å². The smallest absolute Gasteiger partial charge is 0.355 e. The fraction of sp³-hybridized carbons (Fsp3) is 0.200. The lowest BCUT2D eigenvalue weighted by atomic mass is 10.6. The van der Waals surface area contributed by atoms with Crippen LogP contribution in [-0.2, 0) is 20.3 Å². The molecule has 0 fully saturated rings. The van der Waals surface area contributed by atoms with Crippen LogP contribution in [0.25, 0.3) is 0 Å². The van der Waals surface area contributed by atoms with E-state index in [2.05, 4.69) is 14.2 Å². The van der Waals surface area contributed by atoms with Gasteiger partial charge in [-0.2, -0.15) is 8.42 Å². The zero-order valence-corrected chi connectivity index (χ0v) is 8.92. The zero-order chi connectivity index (χ0) is 11.7. The molecule has 15 heavy (non-hydrogen) atoms. The summed E-state index contributed by atoms with van der Waals surface area (Å²) in [6, 6.07) is 0. The Morgan fingerprint density at radius 2 is 1.67 bits per heavy atom. The molecule has 1 rings (SSSR count). The first-order chi connectivity index (χ1) is 6.68. The van der Waals surface area contributed by atoms with Crippen LogP contribution in [0.15, 0.2) is 17.6 Å². The lowest BCUT2D eigenvalue weighted by molar-refractivity contribution is 0.437. The molecule has 10 heteroatoms. The second-order valence-corrected chi connectivity index (χ2v) is 5.31. The predicted octanol–water partition coefficient (Wildman–Crippen LogP) is -0.527. The van der Waals surface area contributed by atoms with Crippen LogP contribution < -0.4 is 4.18 Å². The Morgan fingerprint density at radius 1 is 1.20 bits per heavy atom. The van der Waals surface area contributed by atoms with Gasteiger partial charge < -0.3 is 4.18 Å². The maximum atomic E-state index is 12.0. The van der Waals surface area contributed by atoms with Gasteiger partial charge in [0.2, 0.25) is 15.0 Å². The molecule has 0 atom stereocenters. The van der Waals surface area contributed by atoms with Gasteiger partial charge in [0.15, 0.2) is 5.75 Å². The predicted molar refractivity (Wildman–Crippen MR) is 45.8 cm³/mol. The van der Waals surface area contributed by atoms with Crippen LogP contribution in [0.1, 0.15) is 0 Å². The first-order valence-corrected chi connectivity index (χ1v) is 6.55. The van der Waals surface area contributed by atoms with Crippen molar-refractivity contribution in [2.45, 2.75) is 5.16 Å². The molecule has 0 aliphatic rings. The van der Waals surface area contributed by atoms with Crippen molar-refractivity contribution in [1.82, 2.24) is 9.97 Å². The summed E-state index contributed by atoms with van der Waals surface area (Å²) in [6.07, 6.45) is 2.34. The lowest BCUT2D eigenvalue weighted by Crippen LogP contribution is -2.06. The lowest BCUT2D eigenvalue weighted by Gasteiger charge is -1.99. The van der Waals surface area contributed by atoms with Gasteiger partial charge in [0, 0.05) is 6.26 Å². The number of halogens is 1. The Kier molecular flexibility index (Phi) is 2.90. The van der Waals surface area contributed by atoms with Crippen LogP contribution in [-0.4, -0.2) is 33.1 Å². The molecule has 0 saturated carbocycles. The number of rotatable bonds is 3. The Bertz CT molecular complexity index is 550. The second-order valence-electron chi connectivity index (χ2n) is 2.45. The normalized spacial score (nSPS) is 12.4. The minimum atomic E-state index is -5.15. The Labute approximate surface area is 85.3 Å². The van der Waals surface area contributed by atoms with Crippen molar-refractivity contribution in [3.05, 3.63) is 12.4 Å². The molecule has 0 aliphatic carbocycles. The van der Waals surface area contributed by atoms with E-state index in [4.69, 9.17) is 0 Å². The first kappa shape index (κ1) is 11.8. The molecular formula is C5H5FN2O5S2. The topological polar surface area (TPSA) is 103 Å². The van der Waals surface area contributed by atoms with Crippen molar-refractivity contribution in [2.24, 2.45) is 0 Å². The molecule has 0 saturated heterocycles. The summed E-state index contributed by atoms with van der Waals surface area (Å²) in [5.74, 6) is -0.509. The molecule has 0 radical (unpaired) electrons. The highest BCUT2D eigenvalue weighted by molar-refractivity contribution is 7.90. The van der Waals surface area contributed by atoms with E-state index in [1.54, 1.807) is 0 Å². The number of aromatic nitrogens is 2. The van der Waals surface area contributed by atoms with E-state index in [0.717, 1.165) is 18.6 Å². The van der Waals surface area contributed by atoms with E-state index < -0.39 is 31.2 Å². The fourth-order valence-corrected chi connectivity index (χ4v) is 1.46. The highest BCUT2D eigenvalue weighted by atomic mass is 32.3. The molecular weight excluding hydrogens is 251 g/mol. The maximum absolute atomic E-state index is 12.0. The van der Waals surface area contributed by atoms with Crippen molar-refractivity contribution < 1.29 is 24.9 Å². The van der Waals surface area contributed by atoms with Crippen LogP contribution in [0.2, 0.25) is 0 Å². The zero-order valence-electron chi connectivity index (χ0n) is 7.28. The second kappa shape index (κ2) is 3.70. The third kappa shape index (κ3) is 3.75. The molecule has 0 aromatic carbocycles. The van der Waals surface area contributed by atoms with Gasteiger partial charge in [-0.3, -0.25) is 0 Å². The van der Waals surface area contributed by atoms with Crippen molar-refractivity contribution in [3.63, 3.8) is 0 Å². The number of hydrogen-bond acceptors (Lipinski definition) is 7. The molecule has 84 valence electrons. The molecule has 0 amide bonds. The molecule has 0 spiro atoms. The van der Waals surface area contributed by atoms with Crippen LogP contribution in [0, 0.1) is 0 Å². The molecule has 1 aromatic heterocycles. The van der Waals surface area contributed by atoms with Gasteiger partial charge in [0.05, 0.1) is 12.4 Å². The number of nitrogens with zero attached hydrogens (tertiary/aromatic N) is 2. The summed E-state index contributed by atoms with van der Waals surface area (Å²) in [6.45, 7) is 0. The van der Waals surface area contributed by atoms with Gasteiger partial charge in [0.1, 0.15) is 0 Å². The molecule has 0 aliphatic heterocycles. The molecule has 1 aromatic rings. The highest BCUT2D eigenvalue weighted by Gasteiger charge is 2.13. The van der Waals surface area contributed by atoms with Crippen molar-refractivity contribution in [1.29, 1.82) is 0 Å². The summed E-state index contributed by atoms with van der Waals surface area (Å²) in [4.78, 5) is 6.56. The Hall–Kier alpha value is -1.29. The third-order valence-electron chi connectivity index (χ3n) is 1.13. The van der Waals surface area contributed by atoms with E-state index in [-0.39, 0.29) is 0 Å². The van der Waals surface area contributed by atoms with Gasteiger partial charge in [-0.05, 0) is 0 Å². The third-order valence-corrected chi connectivity index (χ3v) is 2.40. The van der Waals surface area contributed by atoms with Crippen LogP contribution in [0.4, 0.5) is 3.89 Å². The molecule has 7 nitrogen and oxygen atoms in total. The first-order valence-electron chi connectivity index (χ1n) is 3.35. The summed E-state index contributed by atoms with van der Waals surface area (Å²) in [5.41, 5.74) is 0. The average molecular weight is 256 g/mol. The van der Waals surface area contributed by atoms with Gasteiger partial charge in [-0.25, -0.2) is 18.4 Å². The summed E-state index contributed by atoms with van der Waals surface area (Å²) < 4.78 is 57.5. The van der Waals surface area contributed by atoms with Crippen LogP contribution in [0.3, 0.4) is 0 Å². The van der Waals surface area contributed by atoms with Crippen LogP contribution in [0.5, 0.6) is 5.75 Å². The van der Waals surface area contributed by atoms with E-state index >= 15 is 0 Å². The van der Waals surface area contributed by atoms with Crippen molar-refractivity contribution in [3.8, 4) is 5.75 Å². The largest absolute Gasteiger partial charge is 0.488 e. The van der Waals surface area contributed by atoms with Gasteiger partial charge >= 0.3 is 10.5 Å². The molecule has 0 unspecified atom stereocenters. The van der Waals surface area contributed by atoms with E-state index in [1.807, 2.05) is 0 Å².